The molecule has 31 heavy (non-hydrogen) atoms. The van der Waals surface area contributed by atoms with E-state index >= 15 is 0 Å². The van der Waals surface area contributed by atoms with E-state index in [1.807, 2.05) is 0 Å². The SMILES string of the molecule is Cc1nn(-c2ccc(Cl)c(C(=O)NCC3(O)CCCCCC3)c2)c(=O)n(C(N)=O)c1=O. The number of primary amides is 1. The second-order valence-electron chi connectivity index (χ2n) is 7.74. The van der Waals surface area contributed by atoms with Gasteiger partial charge in [-0.2, -0.15) is 14.3 Å². The minimum absolute atomic E-state index is 0.0552. The summed E-state index contributed by atoms with van der Waals surface area (Å²) in [6.07, 6.45) is 5.11. The Bertz CT molecular complexity index is 1130. The predicted octanol–water partition coefficient (Wildman–Crippen LogP) is 1.10. The van der Waals surface area contributed by atoms with Gasteiger partial charge >= 0.3 is 11.7 Å². The van der Waals surface area contributed by atoms with Crippen molar-refractivity contribution >= 4 is 23.5 Å². The van der Waals surface area contributed by atoms with Crippen molar-refractivity contribution in [3.63, 3.8) is 0 Å². The molecule has 0 aliphatic heterocycles. The topological polar surface area (TPSA) is 149 Å². The van der Waals surface area contributed by atoms with Gasteiger partial charge in [0.05, 0.1) is 21.9 Å². The fourth-order valence-corrected chi connectivity index (χ4v) is 3.87. The van der Waals surface area contributed by atoms with E-state index in [1.54, 1.807) is 0 Å². The lowest BCUT2D eigenvalue weighted by Gasteiger charge is -2.26. The van der Waals surface area contributed by atoms with Gasteiger partial charge in [-0.25, -0.2) is 9.59 Å². The van der Waals surface area contributed by atoms with Crippen LogP contribution >= 0.6 is 11.6 Å². The van der Waals surface area contributed by atoms with Gasteiger partial charge in [-0.1, -0.05) is 37.3 Å². The number of hydrogen-bond donors (Lipinski definition) is 3. The molecule has 1 aliphatic carbocycles. The first-order valence-corrected chi connectivity index (χ1v) is 10.3. The monoisotopic (exact) mass is 449 g/mol. The lowest BCUT2D eigenvalue weighted by Crippen LogP contribution is -2.47. The first-order chi connectivity index (χ1) is 14.6. The van der Waals surface area contributed by atoms with E-state index in [2.05, 4.69) is 10.4 Å². The van der Waals surface area contributed by atoms with Crippen molar-refractivity contribution < 1.29 is 14.7 Å². The van der Waals surface area contributed by atoms with E-state index < -0.39 is 28.8 Å². The summed E-state index contributed by atoms with van der Waals surface area (Å²) in [6, 6.07) is 2.90. The minimum Gasteiger partial charge on any atom is -0.388 e. The van der Waals surface area contributed by atoms with Gasteiger partial charge in [-0.15, -0.1) is 0 Å². The zero-order valence-corrected chi connectivity index (χ0v) is 17.8. The summed E-state index contributed by atoms with van der Waals surface area (Å²) in [5.74, 6) is -0.530. The maximum atomic E-state index is 12.8. The van der Waals surface area contributed by atoms with Crippen molar-refractivity contribution in [2.75, 3.05) is 6.54 Å². The molecule has 0 saturated heterocycles. The van der Waals surface area contributed by atoms with Crippen molar-refractivity contribution in [2.45, 2.75) is 51.0 Å². The van der Waals surface area contributed by atoms with Gasteiger partial charge in [-0.3, -0.25) is 9.59 Å². The molecule has 1 saturated carbocycles. The van der Waals surface area contributed by atoms with Crippen molar-refractivity contribution in [2.24, 2.45) is 5.73 Å². The van der Waals surface area contributed by atoms with Crippen molar-refractivity contribution in [3.8, 4) is 5.69 Å². The number of nitrogens with one attached hydrogen (secondary N) is 1. The highest BCUT2D eigenvalue weighted by Crippen LogP contribution is 2.26. The fourth-order valence-electron chi connectivity index (χ4n) is 3.66. The number of nitrogens with two attached hydrogens (primary N) is 1. The number of benzene rings is 1. The molecule has 10 nitrogen and oxygen atoms in total. The summed E-state index contributed by atoms with van der Waals surface area (Å²) in [7, 11) is 0. The molecule has 3 rings (SSSR count). The molecule has 11 heteroatoms. The van der Waals surface area contributed by atoms with Crippen LogP contribution in [0, 0.1) is 6.92 Å². The van der Waals surface area contributed by atoms with Crippen LogP contribution in [0.5, 0.6) is 0 Å². The van der Waals surface area contributed by atoms with Crippen LogP contribution in [-0.4, -0.2) is 43.5 Å². The second-order valence-corrected chi connectivity index (χ2v) is 8.15. The first kappa shape index (κ1) is 22.7. The Morgan fingerprint density at radius 2 is 1.87 bits per heavy atom. The Morgan fingerprint density at radius 3 is 2.48 bits per heavy atom. The summed E-state index contributed by atoms with van der Waals surface area (Å²) in [6.45, 7) is 1.41. The number of amides is 2. The van der Waals surface area contributed by atoms with E-state index in [0.717, 1.165) is 30.4 Å². The molecular weight excluding hydrogens is 426 g/mol. The van der Waals surface area contributed by atoms with Gasteiger partial charge in [-0.05, 0) is 38.0 Å². The summed E-state index contributed by atoms with van der Waals surface area (Å²) < 4.78 is 1.06. The standard InChI is InChI=1S/C20H24ClN5O5/c1-12-17(28)25(18(22)29)19(30)26(24-12)13-6-7-15(21)14(10-13)16(27)23-11-20(31)8-4-2-3-5-9-20/h6-7,10,31H,2-5,8-9,11H2,1H3,(H2,22,29)(H,23,27). The fraction of sp³-hybridized carbons (Fsp3) is 0.450. The van der Waals surface area contributed by atoms with Gasteiger partial charge in [0.2, 0.25) is 0 Å². The van der Waals surface area contributed by atoms with Crippen LogP contribution in [0.1, 0.15) is 54.6 Å². The van der Waals surface area contributed by atoms with Crippen LogP contribution in [0.4, 0.5) is 4.79 Å². The number of aromatic nitrogens is 3. The van der Waals surface area contributed by atoms with Gasteiger partial charge < -0.3 is 16.2 Å². The smallest absolute Gasteiger partial charge is 0.360 e. The third kappa shape index (κ3) is 4.86. The number of carbonyl (C=O) groups is 2. The van der Waals surface area contributed by atoms with Crippen LogP contribution in [-0.2, 0) is 0 Å². The molecule has 0 spiro atoms. The number of rotatable bonds is 4. The quantitative estimate of drug-likeness (QED) is 0.595. The molecule has 2 amide bonds. The van der Waals surface area contributed by atoms with Gasteiger partial charge in [0.25, 0.3) is 11.5 Å². The summed E-state index contributed by atoms with van der Waals surface area (Å²) in [5.41, 5.74) is 2.23. The van der Waals surface area contributed by atoms with Gasteiger partial charge in [0, 0.05) is 6.54 Å². The third-order valence-corrected chi connectivity index (χ3v) is 5.74. The van der Waals surface area contributed by atoms with Crippen LogP contribution < -0.4 is 22.3 Å². The Labute approximate surface area is 182 Å². The van der Waals surface area contributed by atoms with Crippen LogP contribution in [0.15, 0.2) is 27.8 Å². The van der Waals surface area contributed by atoms with Crippen molar-refractivity contribution in [1.82, 2.24) is 19.7 Å². The van der Waals surface area contributed by atoms with Crippen LogP contribution in [0.25, 0.3) is 5.69 Å². The number of halogens is 1. The molecule has 1 aromatic heterocycles. The molecule has 1 aromatic carbocycles. The number of aryl methyl sites for hydroxylation is 1. The lowest BCUT2D eigenvalue weighted by molar-refractivity contribution is 0.0246. The predicted molar refractivity (Wildman–Crippen MR) is 114 cm³/mol. The highest BCUT2D eigenvalue weighted by atomic mass is 35.5. The van der Waals surface area contributed by atoms with E-state index in [1.165, 1.54) is 25.1 Å². The van der Waals surface area contributed by atoms with Gasteiger partial charge in [0.15, 0.2) is 0 Å². The normalized spacial score (nSPS) is 15.8. The van der Waals surface area contributed by atoms with E-state index in [4.69, 9.17) is 17.3 Å². The Hall–Kier alpha value is -2.98. The molecule has 1 heterocycles. The molecule has 0 bridgehead atoms. The third-order valence-electron chi connectivity index (χ3n) is 5.41. The Morgan fingerprint density at radius 1 is 1.23 bits per heavy atom. The highest BCUT2D eigenvalue weighted by Gasteiger charge is 2.29. The van der Waals surface area contributed by atoms with E-state index in [9.17, 15) is 24.3 Å². The van der Waals surface area contributed by atoms with E-state index in [0.29, 0.717) is 12.8 Å². The Balaban J connectivity index is 1.92. The average molecular weight is 450 g/mol. The zero-order chi connectivity index (χ0) is 22.8. The minimum atomic E-state index is -1.24. The first-order valence-electron chi connectivity index (χ1n) is 9.96. The number of nitrogens with zero attached hydrogens (tertiary/aromatic N) is 3. The van der Waals surface area contributed by atoms with Crippen molar-refractivity contribution in [3.05, 3.63) is 55.3 Å². The number of aliphatic hydroxyl groups is 1. The van der Waals surface area contributed by atoms with Crippen molar-refractivity contribution in [1.29, 1.82) is 0 Å². The lowest BCUT2D eigenvalue weighted by atomic mass is 9.94. The van der Waals surface area contributed by atoms with Crippen LogP contribution in [0.2, 0.25) is 5.02 Å². The highest BCUT2D eigenvalue weighted by molar-refractivity contribution is 6.33. The zero-order valence-electron chi connectivity index (χ0n) is 17.1. The summed E-state index contributed by atoms with van der Waals surface area (Å²) >= 11 is 6.18. The average Bonchev–Trinajstić information content (AvgIpc) is 2.94. The summed E-state index contributed by atoms with van der Waals surface area (Å²) in [5, 5.41) is 17.5. The summed E-state index contributed by atoms with van der Waals surface area (Å²) in [4.78, 5) is 48.9. The molecule has 1 fully saturated rings. The second kappa shape index (κ2) is 9.03. The maximum absolute atomic E-state index is 12.8. The molecule has 1 aliphatic rings. The number of carbonyl (C=O) groups excluding carboxylic acids is 2. The molecule has 0 radical (unpaired) electrons. The molecule has 4 N–H and O–H groups in total. The molecule has 0 atom stereocenters. The van der Waals surface area contributed by atoms with E-state index in [-0.39, 0.29) is 33.1 Å². The largest absolute Gasteiger partial charge is 0.388 e. The number of hydrogen-bond acceptors (Lipinski definition) is 6. The molecular formula is C20H24ClN5O5. The Kier molecular flexibility index (Phi) is 6.61. The molecule has 2 aromatic rings. The molecule has 0 unspecified atom stereocenters. The van der Waals surface area contributed by atoms with Gasteiger partial charge in [0.1, 0.15) is 5.69 Å². The molecule has 166 valence electrons. The maximum Gasteiger partial charge on any atom is 0.360 e. The van der Waals surface area contributed by atoms with Crippen LogP contribution in [0.3, 0.4) is 0 Å².